The van der Waals surface area contributed by atoms with Crippen molar-refractivity contribution < 1.29 is 14.0 Å². The van der Waals surface area contributed by atoms with Crippen LogP contribution < -0.4 is 0 Å². The van der Waals surface area contributed by atoms with Gasteiger partial charge in [-0.3, -0.25) is 9.59 Å². The lowest BCUT2D eigenvalue weighted by Crippen LogP contribution is -2.09. The van der Waals surface area contributed by atoms with Crippen molar-refractivity contribution >= 4 is 27.5 Å². The third kappa shape index (κ3) is 1.73. The third-order valence-corrected chi connectivity index (χ3v) is 3.09. The molecule has 88 valence electrons. The molecule has 0 unspecified atom stereocenters. The molecular formula is C13H6BrNO3. The van der Waals surface area contributed by atoms with E-state index in [0.717, 1.165) is 4.47 Å². The molecule has 1 aromatic carbocycles. The number of allylic oxidation sites excluding steroid dienone is 2. The molecule has 0 fully saturated rings. The fourth-order valence-electron chi connectivity index (χ4n) is 1.68. The van der Waals surface area contributed by atoms with Crippen molar-refractivity contribution in [3.63, 3.8) is 0 Å². The van der Waals surface area contributed by atoms with Crippen molar-refractivity contribution in [2.45, 2.75) is 0 Å². The molecule has 0 N–H and O–H groups in total. The van der Waals surface area contributed by atoms with Gasteiger partial charge >= 0.3 is 0 Å². The van der Waals surface area contributed by atoms with E-state index in [9.17, 15) is 9.59 Å². The largest absolute Gasteiger partial charge is 0.432 e. The number of carbonyl (C=O) groups excluding carboxylic acids is 2. The number of nitrogens with zero attached hydrogens (tertiary/aromatic N) is 1. The predicted molar refractivity (Wildman–Crippen MR) is 67.4 cm³/mol. The number of oxazole rings is 1. The molecule has 0 radical (unpaired) electrons. The zero-order chi connectivity index (χ0) is 12.7. The summed E-state index contributed by atoms with van der Waals surface area (Å²) >= 11 is 3.32. The van der Waals surface area contributed by atoms with Crippen LogP contribution in [0.15, 0.2) is 45.3 Å². The number of hydrogen-bond donors (Lipinski definition) is 0. The Kier molecular flexibility index (Phi) is 2.48. The third-order valence-electron chi connectivity index (χ3n) is 2.56. The highest BCUT2D eigenvalue weighted by atomic mass is 79.9. The Morgan fingerprint density at radius 2 is 1.67 bits per heavy atom. The van der Waals surface area contributed by atoms with E-state index in [1.165, 1.54) is 12.2 Å². The number of fused-ring (bicyclic) bond motifs is 1. The molecule has 0 saturated heterocycles. The van der Waals surface area contributed by atoms with Gasteiger partial charge in [0.2, 0.25) is 23.2 Å². The van der Waals surface area contributed by atoms with E-state index >= 15 is 0 Å². The Balaban J connectivity index is 2.11. The Hall–Kier alpha value is -2.01. The van der Waals surface area contributed by atoms with E-state index in [1.807, 2.05) is 12.1 Å². The molecule has 1 heterocycles. The highest BCUT2D eigenvalue weighted by molar-refractivity contribution is 9.10. The summed E-state index contributed by atoms with van der Waals surface area (Å²) in [6, 6.07) is 7.26. The van der Waals surface area contributed by atoms with Crippen LogP contribution in [0.4, 0.5) is 0 Å². The second kappa shape index (κ2) is 4.03. The highest BCUT2D eigenvalue weighted by Gasteiger charge is 2.26. The maximum atomic E-state index is 11.6. The van der Waals surface area contributed by atoms with Crippen LogP contribution in [0.5, 0.6) is 0 Å². The highest BCUT2D eigenvalue weighted by Crippen LogP contribution is 2.26. The lowest BCUT2D eigenvalue weighted by molar-refractivity contribution is 0.0974. The fourth-order valence-corrected chi connectivity index (χ4v) is 1.94. The van der Waals surface area contributed by atoms with E-state index < -0.39 is 0 Å². The molecule has 2 aromatic rings. The average molecular weight is 304 g/mol. The van der Waals surface area contributed by atoms with Crippen molar-refractivity contribution in [1.82, 2.24) is 4.98 Å². The average Bonchev–Trinajstić information content (AvgIpc) is 2.81. The summed E-state index contributed by atoms with van der Waals surface area (Å²) in [4.78, 5) is 27.2. The monoisotopic (exact) mass is 303 g/mol. The number of hydrogen-bond acceptors (Lipinski definition) is 4. The van der Waals surface area contributed by atoms with Gasteiger partial charge in [0.05, 0.1) is 0 Å². The molecule has 0 atom stereocenters. The minimum atomic E-state index is -0.333. The molecule has 1 aromatic heterocycles. The first-order valence-electron chi connectivity index (χ1n) is 5.18. The van der Waals surface area contributed by atoms with Gasteiger partial charge in [-0.25, -0.2) is 4.98 Å². The summed E-state index contributed by atoms with van der Waals surface area (Å²) in [7, 11) is 0. The van der Waals surface area contributed by atoms with E-state index in [0.29, 0.717) is 5.56 Å². The number of benzene rings is 1. The molecule has 5 heteroatoms. The van der Waals surface area contributed by atoms with Gasteiger partial charge in [-0.1, -0.05) is 15.9 Å². The van der Waals surface area contributed by atoms with Gasteiger partial charge in [0.25, 0.3) is 0 Å². The first kappa shape index (κ1) is 11.1. The second-order valence-corrected chi connectivity index (χ2v) is 4.68. The van der Waals surface area contributed by atoms with E-state index in [1.54, 1.807) is 12.1 Å². The van der Waals surface area contributed by atoms with E-state index in [2.05, 4.69) is 20.9 Å². The van der Waals surface area contributed by atoms with Crippen LogP contribution in [-0.2, 0) is 0 Å². The number of halogens is 1. The van der Waals surface area contributed by atoms with E-state index in [-0.39, 0.29) is 28.9 Å². The van der Waals surface area contributed by atoms with Gasteiger partial charge < -0.3 is 4.42 Å². The number of rotatable bonds is 1. The number of carbonyl (C=O) groups is 2. The van der Waals surface area contributed by atoms with Crippen LogP contribution in [0.25, 0.3) is 11.5 Å². The Bertz CT molecular complexity index is 647. The van der Waals surface area contributed by atoms with Crippen LogP contribution in [0.1, 0.15) is 21.0 Å². The second-order valence-electron chi connectivity index (χ2n) is 3.77. The number of aromatic nitrogens is 1. The van der Waals surface area contributed by atoms with Crippen molar-refractivity contribution in [3.05, 3.63) is 52.3 Å². The van der Waals surface area contributed by atoms with Crippen LogP contribution in [-0.4, -0.2) is 16.6 Å². The Morgan fingerprint density at radius 3 is 2.33 bits per heavy atom. The minimum absolute atomic E-state index is 0.0143. The standard InChI is InChI=1S/C13H6BrNO3/c14-8-3-1-7(2-4-8)13-15-11-9(16)5-6-10(17)12(11)18-13/h1-6H. The SMILES string of the molecule is O=C1C=CC(=O)c2oc(-c3ccc(Br)cc3)nc21. The molecule has 0 amide bonds. The van der Waals surface area contributed by atoms with Gasteiger partial charge in [-0.05, 0) is 36.4 Å². The topological polar surface area (TPSA) is 60.2 Å². The molecular weight excluding hydrogens is 298 g/mol. The summed E-state index contributed by atoms with van der Waals surface area (Å²) in [5.74, 6) is -0.351. The molecule has 1 aliphatic rings. The Morgan fingerprint density at radius 1 is 1.00 bits per heavy atom. The zero-order valence-corrected chi connectivity index (χ0v) is 10.6. The van der Waals surface area contributed by atoms with Gasteiger partial charge in [0.15, 0.2) is 5.69 Å². The number of ketones is 2. The summed E-state index contributed by atoms with van der Waals surface area (Å²) in [5, 5.41) is 0. The lowest BCUT2D eigenvalue weighted by Gasteiger charge is -1.97. The van der Waals surface area contributed by atoms with Crippen molar-refractivity contribution in [3.8, 4) is 11.5 Å². The molecule has 0 bridgehead atoms. The normalized spacial score (nSPS) is 13.8. The smallest absolute Gasteiger partial charge is 0.227 e. The minimum Gasteiger partial charge on any atom is -0.432 e. The molecule has 0 saturated carbocycles. The zero-order valence-electron chi connectivity index (χ0n) is 9.01. The summed E-state index contributed by atoms with van der Waals surface area (Å²) in [6.07, 6.45) is 2.40. The van der Waals surface area contributed by atoms with Gasteiger partial charge in [0, 0.05) is 10.0 Å². The maximum absolute atomic E-state index is 11.6. The quantitative estimate of drug-likeness (QED) is 0.812. The van der Waals surface area contributed by atoms with Crippen molar-refractivity contribution in [1.29, 1.82) is 0 Å². The van der Waals surface area contributed by atoms with Crippen LogP contribution in [0.3, 0.4) is 0 Å². The molecule has 0 spiro atoms. The van der Waals surface area contributed by atoms with Crippen LogP contribution in [0, 0.1) is 0 Å². The van der Waals surface area contributed by atoms with Gasteiger partial charge in [-0.15, -0.1) is 0 Å². The first-order valence-corrected chi connectivity index (χ1v) is 5.98. The summed E-state index contributed by atoms with van der Waals surface area (Å²) in [5.41, 5.74) is 0.800. The van der Waals surface area contributed by atoms with Gasteiger partial charge in [0.1, 0.15) is 0 Å². The van der Waals surface area contributed by atoms with Crippen molar-refractivity contribution in [2.24, 2.45) is 0 Å². The summed E-state index contributed by atoms with van der Waals surface area (Å²) < 4.78 is 6.29. The van der Waals surface area contributed by atoms with Crippen molar-refractivity contribution in [2.75, 3.05) is 0 Å². The summed E-state index contributed by atoms with van der Waals surface area (Å²) in [6.45, 7) is 0. The van der Waals surface area contributed by atoms with Crippen LogP contribution in [0.2, 0.25) is 0 Å². The van der Waals surface area contributed by atoms with Gasteiger partial charge in [-0.2, -0.15) is 0 Å². The molecule has 0 aliphatic heterocycles. The molecule has 4 nitrogen and oxygen atoms in total. The lowest BCUT2D eigenvalue weighted by atomic mass is 10.1. The molecule has 3 rings (SSSR count). The Labute approximate surface area is 110 Å². The first-order chi connectivity index (χ1) is 8.65. The van der Waals surface area contributed by atoms with Crippen LogP contribution >= 0.6 is 15.9 Å². The van der Waals surface area contributed by atoms with E-state index in [4.69, 9.17) is 4.42 Å². The molecule has 1 aliphatic carbocycles. The fraction of sp³-hybridized carbons (Fsp3) is 0. The maximum Gasteiger partial charge on any atom is 0.227 e. The predicted octanol–water partition coefficient (Wildman–Crippen LogP) is 3.04. The molecule has 18 heavy (non-hydrogen) atoms.